The van der Waals surface area contributed by atoms with Gasteiger partial charge in [0.2, 0.25) is 5.91 Å². The molecule has 0 aliphatic rings. The molecule has 2 aromatic rings. The number of hydrogen-bond donors (Lipinski definition) is 2. The Balaban J connectivity index is 1.97. The van der Waals surface area contributed by atoms with Crippen LogP contribution in [0.15, 0.2) is 53.0 Å². The van der Waals surface area contributed by atoms with E-state index in [2.05, 4.69) is 40.4 Å². The van der Waals surface area contributed by atoms with Crippen molar-refractivity contribution in [2.45, 2.75) is 19.9 Å². The first kappa shape index (κ1) is 17.6. The van der Waals surface area contributed by atoms with Crippen molar-refractivity contribution in [3.05, 3.63) is 64.4 Å². The van der Waals surface area contributed by atoms with E-state index in [1.54, 1.807) is 6.07 Å². The highest BCUT2D eigenvalue weighted by atomic mass is 79.9. The van der Waals surface area contributed by atoms with Crippen LogP contribution in [0, 0.1) is 11.7 Å². The summed E-state index contributed by atoms with van der Waals surface area (Å²) in [6.45, 7) is 4.31. The summed E-state index contributed by atoms with van der Waals surface area (Å²) in [7, 11) is 0. The minimum atomic E-state index is -0.462. The summed E-state index contributed by atoms with van der Waals surface area (Å²) in [4.78, 5) is 12.1. The summed E-state index contributed by atoms with van der Waals surface area (Å²) < 4.78 is 14.4. The number of hydrogen-bond acceptors (Lipinski definition) is 2. The summed E-state index contributed by atoms with van der Waals surface area (Å²) in [5, 5.41) is 5.83. The van der Waals surface area contributed by atoms with Gasteiger partial charge in [0.05, 0.1) is 12.2 Å². The Morgan fingerprint density at radius 2 is 1.87 bits per heavy atom. The Hall–Kier alpha value is -1.72. The van der Waals surface area contributed by atoms with E-state index in [1.165, 1.54) is 12.1 Å². The SMILES string of the molecule is CC(C)[C@H](NCC(=O)Nc1ccc(Br)cc1F)c1ccccc1. The number of anilines is 1. The second kappa shape index (κ2) is 8.22. The van der Waals surface area contributed by atoms with E-state index in [0.29, 0.717) is 10.4 Å². The largest absolute Gasteiger partial charge is 0.322 e. The number of amides is 1. The third-order valence-corrected chi connectivity index (χ3v) is 4.01. The Kier molecular flexibility index (Phi) is 6.30. The van der Waals surface area contributed by atoms with Crippen LogP contribution in [0.5, 0.6) is 0 Å². The molecule has 1 amide bonds. The lowest BCUT2D eigenvalue weighted by molar-refractivity contribution is -0.115. The molecule has 0 saturated heterocycles. The van der Waals surface area contributed by atoms with Gasteiger partial charge in [0.1, 0.15) is 5.82 Å². The minimum Gasteiger partial charge on any atom is -0.322 e. The summed E-state index contributed by atoms with van der Waals surface area (Å²) >= 11 is 3.19. The summed E-state index contributed by atoms with van der Waals surface area (Å²) in [5.74, 6) is -0.404. The van der Waals surface area contributed by atoms with E-state index in [-0.39, 0.29) is 24.2 Å². The Bertz CT molecular complexity index is 661. The molecule has 0 saturated carbocycles. The lowest BCUT2D eigenvalue weighted by Gasteiger charge is -2.22. The predicted octanol–water partition coefficient (Wildman–Crippen LogP) is 4.51. The second-order valence-corrected chi connectivity index (χ2v) is 6.60. The number of rotatable bonds is 6. The van der Waals surface area contributed by atoms with Gasteiger partial charge in [-0.3, -0.25) is 4.79 Å². The van der Waals surface area contributed by atoms with Gasteiger partial charge in [0.25, 0.3) is 0 Å². The van der Waals surface area contributed by atoms with Crippen molar-refractivity contribution in [3.63, 3.8) is 0 Å². The van der Waals surface area contributed by atoms with Gasteiger partial charge in [-0.05, 0) is 29.7 Å². The van der Waals surface area contributed by atoms with E-state index >= 15 is 0 Å². The molecule has 122 valence electrons. The van der Waals surface area contributed by atoms with Crippen molar-refractivity contribution in [3.8, 4) is 0 Å². The molecule has 0 heterocycles. The van der Waals surface area contributed by atoms with Crippen molar-refractivity contribution < 1.29 is 9.18 Å². The topological polar surface area (TPSA) is 41.1 Å². The zero-order valence-corrected chi connectivity index (χ0v) is 14.7. The molecule has 23 heavy (non-hydrogen) atoms. The second-order valence-electron chi connectivity index (χ2n) is 5.69. The average molecular weight is 379 g/mol. The fraction of sp³-hybridized carbons (Fsp3) is 0.278. The summed E-state index contributed by atoms with van der Waals surface area (Å²) in [6.07, 6.45) is 0. The van der Waals surface area contributed by atoms with Gasteiger partial charge in [-0.25, -0.2) is 4.39 Å². The zero-order chi connectivity index (χ0) is 16.8. The Morgan fingerprint density at radius 1 is 1.17 bits per heavy atom. The van der Waals surface area contributed by atoms with Gasteiger partial charge in [-0.15, -0.1) is 0 Å². The fourth-order valence-electron chi connectivity index (χ4n) is 2.39. The number of nitrogens with one attached hydrogen (secondary N) is 2. The first-order valence-corrected chi connectivity index (χ1v) is 8.30. The van der Waals surface area contributed by atoms with Gasteiger partial charge in [-0.2, -0.15) is 0 Å². The van der Waals surface area contributed by atoms with Crippen LogP contribution in [-0.2, 0) is 4.79 Å². The number of carbonyl (C=O) groups is 1. The van der Waals surface area contributed by atoms with E-state index in [4.69, 9.17) is 0 Å². The normalized spacial score (nSPS) is 12.2. The van der Waals surface area contributed by atoms with Crippen molar-refractivity contribution in [2.24, 2.45) is 5.92 Å². The van der Waals surface area contributed by atoms with Gasteiger partial charge in [0.15, 0.2) is 0 Å². The monoisotopic (exact) mass is 378 g/mol. The molecule has 0 unspecified atom stereocenters. The Labute approximate surface area is 144 Å². The molecule has 2 aromatic carbocycles. The number of carbonyl (C=O) groups excluding carboxylic acids is 1. The van der Waals surface area contributed by atoms with Crippen molar-refractivity contribution in [1.82, 2.24) is 5.32 Å². The molecule has 0 spiro atoms. The van der Waals surface area contributed by atoms with Crippen molar-refractivity contribution in [1.29, 1.82) is 0 Å². The molecule has 0 aliphatic heterocycles. The molecule has 0 radical (unpaired) electrons. The molecule has 0 aromatic heterocycles. The molecule has 1 atom stereocenters. The van der Waals surface area contributed by atoms with E-state index in [1.807, 2.05) is 30.3 Å². The maximum absolute atomic E-state index is 13.7. The number of benzene rings is 2. The average Bonchev–Trinajstić information content (AvgIpc) is 2.51. The van der Waals surface area contributed by atoms with Crippen LogP contribution in [0.3, 0.4) is 0 Å². The lowest BCUT2D eigenvalue weighted by Crippen LogP contribution is -2.33. The molecule has 2 rings (SSSR count). The van der Waals surface area contributed by atoms with E-state index in [9.17, 15) is 9.18 Å². The molecular formula is C18H20BrFN2O. The molecular weight excluding hydrogens is 359 g/mol. The van der Waals surface area contributed by atoms with E-state index in [0.717, 1.165) is 5.56 Å². The van der Waals surface area contributed by atoms with Crippen LogP contribution < -0.4 is 10.6 Å². The first-order chi connectivity index (χ1) is 11.0. The lowest BCUT2D eigenvalue weighted by atomic mass is 9.96. The molecule has 3 nitrogen and oxygen atoms in total. The third kappa shape index (κ3) is 5.15. The smallest absolute Gasteiger partial charge is 0.238 e. The first-order valence-electron chi connectivity index (χ1n) is 7.50. The van der Waals surface area contributed by atoms with Crippen LogP contribution in [0.4, 0.5) is 10.1 Å². The zero-order valence-electron chi connectivity index (χ0n) is 13.1. The third-order valence-electron chi connectivity index (χ3n) is 3.51. The van der Waals surface area contributed by atoms with Gasteiger partial charge in [-0.1, -0.05) is 60.1 Å². The molecule has 5 heteroatoms. The summed E-state index contributed by atoms with van der Waals surface area (Å²) in [5.41, 5.74) is 1.31. The molecule has 0 bridgehead atoms. The highest BCUT2D eigenvalue weighted by Gasteiger charge is 2.16. The number of halogens is 2. The van der Waals surface area contributed by atoms with E-state index < -0.39 is 5.82 Å². The quantitative estimate of drug-likeness (QED) is 0.775. The molecule has 0 aliphatic carbocycles. The summed E-state index contributed by atoms with van der Waals surface area (Å²) in [6, 6.07) is 14.6. The Morgan fingerprint density at radius 3 is 2.48 bits per heavy atom. The highest BCUT2D eigenvalue weighted by molar-refractivity contribution is 9.10. The van der Waals surface area contributed by atoms with Crippen LogP contribution in [0.25, 0.3) is 0 Å². The van der Waals surface area contributed by atoms with Crippen LogP contribution in [0.2, 0.25) is 0 Å². The maximum Gasteiger partial charge on any atom is 0.238 e. The van der Waals surface area contributed by atoms with Gasteiger partial charge < -0.3 is 10.6 Å². The maximum atomic E-state index is 13.7. The molecule has 2 N–H and O–H groups in total. The standard InChI is InChI=1S/C18H20BrFN2O/c1-12(2)18(13-6-4-3-5-7-13)21-11-17(23)22-16-9-8-14(19)10-15(16)20/h3-10,12,18,21H,11H2,1-2H3,(H,22,23)/t18-/m0/s1. The van der Waals surface area contributed by atoms with Crippen LogP contribution in [-0.4, -0.2) is 12.5 Å². The fourth-order valence-corrected chi connectivity index (χ4v) is 2.72. The van der Waals surface area contributed by atoms with Crippen molar-refractivity contribution in [2.75, 3.05) is 11.9 Å². The van der Waals surface area contributed by atoms with Gasteiger partial charge in [0, 0.05) is 10.5 Å². The molecule has 0 fully saturated rings. The minimum absolute atomic E-state index is 0.0664. The van der Waals surface area contributed by atoms with Crippen molar-refractivity contribution >= 4 is 27.5 Å². The van der Waals surface area contributed by atoms with Gasteiger partial charge >= 0.3 is 0 Å². The predicted molar refractivity (Wildman–Crippen MR) is 94.8 cm³/mol. The van der Waals surface area contributed by atoms with Crippen LogP contribution in [0.1, 0.15) is 25.5 Å². The van der Waals surface area contributed by atoms with Crippen LogP contribution >= 0.6 is 15.9 Å². The highest BCUT2D eigenvalue weighted by Crippen LogP contribution is 2.21.